The monoisotopic (exact) mass is 538 g/mol. The van der Waals surface area contributed by atoms with Crippen molar-refractivity contribution in [3.63, 3.8) is 0 Å². The van der Waals surface area contributed by atoms with Crippen molar-refractivity contribution in [2.24, 2.45) is 0 Å². The molecule has 0 bridgehead atoms. The van der Waals surface area contributed by atoms with E-state index in [0.29, 0.717) is 36.2 Å². The molecule has 3 aromatic carbocycles. The summed E-state index contributed by atoms with van der Waals surface area (Å²) in [6, 6.07) is 23.6. The number of aromatic nitrogens is 2. The average molecular weight is 539 g/mol. The molecule has 0 N–H and O–H groups in total. The summed E-state index contributed by atoms with van der Waals surface area (Å²) >= 11 is 1.50. The molecule has 1 aliphatic heterocycles. The zero-order valence-corrected chi connectivity index (χ0v) is 22.9. The highest BCUT2D eigenvalue weighted by molar-refractivity contribution is 7.22. The van der Waals surface area contributed by atoms with Gasteiger partial charge in [0.05, 0.1) is 27.0 Å². The van der Waals surface area contributed by atoms with Gasteiger partial charge in [-0.05, 0) is 25.2 Å². The van der Waals surface area contributed by atoms with E-state index in [0.717, 1.165) is 57.8 Å². The second kappa shape index (κ2) is 11.0. The lowest BCUT2D eigenvalue weighted by Crippen LogP contribution is -2.39. The fraction of sp³-hybridized carbons (Fsp3) is 0.258. The number of carbonyl (C=O) groups is 1. The number of fused-ring (bicyclic) bond motifs is 3. The summed E-state index contributed by atoms with van der Waals surface area (Å²) in [4.78, 5) is 28.4. The van der Waals surface area contributed by atoms with Gasteiger partial charge in [0, 0.05) is 36.2 Å². The molecular weight excluding hydrogens is 508 g/mol. The zero-order chi connectivity index (χ0) is 26.8. The van der Waals surface area contributed by atoms with Crippen LogP contribution in [0.25, 0.3) is 32.4 Å². The van der Waals surface area contributed by atoms with Crippen molar-refractivity contribution in [3.8, 4) is 22.8 Å². The molecule has 6 rings (SSSR count). The number of amides is 1. The molecule has 0 radical (unpaired) electrons. The minimum absolute atomic E-state index is 0.0887. The molecule has 0 unspecified atom stereocenters. The summed E-state index contributed by atoms with van der Waals surface area (Å²) in [7, 11) is 0. The Morgan fingerprint density at radius 3 is 2.33 bits per heavy atom. The first kappa shape index (κ1) is 25.3. The smallest absolute Gasteiger partial charge is 0.260 e. The largest absolute Gasteiger partial charge is 0.486 e. The molecule has 0 fully saturated rings. The van der Waals surface area contributed by atoms with Crippen LogP contribution in [0.1, 0.15) is 24.2 Å². The SMILES string of the molecule is CCN(CC)CCN(C(=O)c1cc(-c2ccccc2)nc2ccccc12)c1nc2cc3c(cc2s1)OCCO3. The van der Waals surface area contributed by atoms with Crippen molar-refractivity contribution in [1.82, 2.24) is 14.9 Å². The molecule has 7 nitrogen and oxygen atoms in total. The average Bonchev–Trinajstić information content (AvgIpc) is 3.40. The van der Waals surface area contributed by atoms with Crippen LogP contribution in [0.3, 0.4) is 0 Å². The fourth-order valence-corrected chi connectivity index (χ4v) is 5.89. The van der Waals surface area contributed by atoms with Crippen LogP contribution in [0.5, 0.6) is 11.5 Å². The third kappa shape index (κ3) is 5.05. The Labute approximate surface area is 231 Å². The van der Waals surface area contributed by atoms with Gasteiger partial charge in [-0.2, -0.15) is 0 Å². The van der Waals surface area contributed by atoms with Gasteiger partial charge in [0.25, 0.3) is 5.91 Å². The topological polar surface area (TPSA) is 67.8 Å². The summed E-state index contributed by atoms with van der Waals surface area (Å²) in [5.41, 5.74) is 3.94. The molecule has 198 valence electrons. The van der Waals surface area contributed by atoms with Gasteiger partial charge in [-0.25, -0.2) is 9.97 Å². The van der Waals surface area contributed by atoms with Gasteiger partial charge in [0.1, 0.15) is 13.2 Å². The van der Waals surface area contributed by atoms with E-state index in [1.165, 1.54) is 11.3 Å². The number of benzene rings is 3. The van der Waals surface area contributed by atoms with Crippen molar-refractivity contribution < 1.29 is 14.3 Å². The highest BCUT2D eigenvalue weighted by Crippen LogP contribution is 2.39. The Morgan fingerprint density at radius 2 is 1.56 bits per heavy atom. The van der Waals surface area contributed by atoms with Gasteiger partial charge in [-0.15, -0.1) is 0 Å². The van der Waals surface area contributed by atoms with Crippen molar-refractivity contribution in [1.29, 1.82) is 0 Å². The third-order valence-electron chi connectivity index (χ3n) is 7.07. The lowest BCUT2D eigenvalue weighted by atomic mass is 10.0. The molecule has 2 aromatic heterocycles. The second-order valence-electron chi connectivity index (χ2n) is 9.38. The summed E-state index contributed by atoms with van der Waals surface area (Å²) in [6.45, 7) is 8.41. The van der Waals surface area contributed by atoms with Crippen LogP contribution in [-0.4, -0.2) is 60.2 Å². The molecule has 1 aliphatic rings. The van der Waals surface area contributed by atoms with Crippen LogP contribution in [0.4, 0.5) is 5.13 Å². The number of likely N-dealkylation sites (N-methyl/N-ethyl adjacent to an activating group) is 1. The van der Waals surface area contributed by atoms with Crippen LogP contribution in [-0.2, 0) is 0 Å². The molecule has 0 spiro atoms. The van der Waals surface area contributed by atoms with Crippen LogP contribution in [0.2, 0.25) is 0 Å². The maximum Gasteiger partial charge on any atom is 0.260 e. The first-order chi connectivity index (χ1) is 19.1. The van der Waals surface area contributed by atoms with Gasteiger partial charge < -0.3 is 14.4 Å². The van der Waals surface area contributed by atoms with E-state index in [2.05, 4.69) is 18.7 Å². The van der Waals surface area contributed by atoms with E-state index >= 15 is 0 Å². The second-order valence-corrected chi connectivity index (χ2v) is 10.4. The number of pyridine rings is 1. The van der Waals surface area contributed by atoms with E-state index < -0.39 is 0 Å². The molecule has 0 saturated carbocycles. The standard InChI is InChI=1S/C31H30N4O3S/c1-3-34(4-2)14-15-35(31-33-26-19-27-28(20-29(26)39-31)38-17-16-37-27)30(36)23-18-25(21-10-6-5-7-11-21)32-24-13-9-8-12-22(23)24/h5-13,18-20H,3-4,14-17H2,1-2H3. The van der Waals surface area contributed by atoms with Crippen molar-refractivity contribution in [2.75, 3.05) is 44.3 Å². The zero-order valence-electron chi connectivity index (χ0n) is 22.1. The normalized spacial score (nSPS) is 12.8. The van der Waals surface area contributed by atoms with Gasteiger partial charge >= 0.3 is 0 Å². The fourth-order valence-electron chi connectivity index (χ4n) is 4.89. The van der Waals surface area contributed by atoms with Crippen LogP contribution in [0.15, 0.2) is 72.8 Å². The van der Waals surface area contributed by atoms with Crippen molar-refractivity contribution in [2.45, 2.75) is 13.8 Å². The van der Waals surface area contributed by atoms with Crippen molar-refractivity contribution >= 4 is 43.5 Å². The van der Waals surface area contributed by atoms with E-state index in [9.17, 15) is 4.79 Å². The highest BCUT2D eigenvalue weighted by Gasteiger charge is 2.25. The third-order valence-corrected chi connectivity index (χ3v) is 8.11. The number of rotatable bonds is 8. The molecule has 0 saturated heterocycles. The Kier molecular flexibility index (Phi) is 7.13. The molecule has 8 heteroatoms. The summed E-state index contributed by atoms with van der Waals surface area (Å²) < 4.78 is 12.5. The Bertz CT molecular complexity index is 1590. The number of hydrogen-bond acceptors (Lipinski definition) is 7. The number of anilines is 1. The summed E-state index contributed by atoms with van der Waals surface area (Å²) in [6.07, 6.45) is 0. The Hall–Kier alpha value is -4.01. The van der Waals surface area contributed by atoms with Gasteiger partial charge in [-0.3, -0.25) is 9.69 Å². The molecule has 5 aromatic rings. The summed E-state index contributed by atoms with van der Waals surface area (Å²) in [5.74, 6) is 1.33. The lowest BCUT2D eigenvalue weighted by molar-refractivity contribution is 0.0985. The number of ether oxygens (including phenoxy) is 2. The predicted molar refractivity (Wildman–Crippen MR) is 157 cm³/mol. The van der Waals surface area contributed by atoms with Gasteiger partial charge in [-0.1, -0.05) is 73.7 Å². The lowest BCUT2D eigenvalue weighted by Gasteiger charge is -2.25. The number of nitrogens with zero attached hydrogens (tertiary/aromatic N) is 4. The van der Waals surface area contributed by atoms with Crippen LogP contribution >= 0.6 is 11.3 Å². The first-order valence-corrected chi connectivity index (χ1v) is 14.2. The van der Waals surface area contributed by atoms with Gasteiger partial charge in [0.2, 0.25) is 0 Å². The van der Waals surface area contributed by atoms with E-state index in [1.807, 2.05) is 77.7 Å². The minimum Gasteiger partial charge on any atom is -0.486 e. The maximum absolute atomic E-state index is 14.5. The molecule has 39 heavy (non-hydrogen) atoms. The number of carbonyl (C=O) groups excluding carboxylic acids is 1. The van der Waals surface area contributed by atoms with Crippen molar-refractivity contribution in [3.05, 3.63) is 78.4 Å². The molecular formula is C31H30N4O3S. The minimum atomic E-state index is -0.0887. The number of para-hydroxylation sites is 1. The molecule has 1 amide bonds. The maximum atomic E-state index is 14.5. The van der Waals surface area contributed by atoms with Gasteiger partial charge in [0.15, 0.2) is 16.6 Å². The summed E-state index contributed by atoms with van der Waals surface area (Å²) in [5, 5.41) is 1.49. The van der Waals surface area contributed by atoms with E-state index in [-0.39, 0.29) is 5.91 Å². The quantitative estimate of drug-likeness (QED) is 0.232. The van der Waals surface area contributed by atoms with Crippen LogP contribution in [0, 0.1) is 0 Å². The molecule has 0 atom stereocenters. The van der Waals surface area contributed by atoms with E-state index in [4.69, 9.17) is 19.4 Å². The van der Waals surface area contributed by atoms with Crippen LogP contribution < -0.4 is 14.4 Å². The number of thiazole rings is 1. The number of hydrogen-bond donors (Lipinski definition) is 0. The first-order valence-electron chi connectivity index (χ1n) is 13.3. The van der Waals surface area contributed by atoms with E-state index in [1.54, 1.807) is 0 Å². The Balaban J connectivity index is 1.46. The predicted octanol–water partition coefficient (Wildman–Crippen LogP) is 6.27. The molecule has 0 aliphatic carbocycles. The Morgan fingerprint density at radius 1 is 0.846 bits per heavy atom. The molecule has 3 heterocycles. The highest BCUT2D eigenvalue weighted by atomic mass is 32.1.